The molecule has 1 atom stereocenters. The smallest absolute Gasteiger partial charge is 0.326 e. The maximum atomic E-state index is 12.1. The van der Waals surface area contributed by atoms with Gasteiger partial charge in [0.05, 0.1) is 0 Å². The molecule has 21 heavy (non-hydrogen) atoms. The van der Waals surface area contributed by atoms with Gasteiger partial charge < -0.3 is 21.1 Å². The lowest BCUT2D eigenvalue weighted by Gasteiger charge is -2.13. The van der Waals surface area contributed by atoms with Gasteiger partial charge in [-0.15, -0.1) is 0 Å². The molecule has 7 heteroatoms. The van der Waals surface area contributed by atoms with Gasteiger partial charge in [0, 0.05) is 23.7 Å². The number of carbonyl (C=O) groups excluding carboxylic acids is 2. The number of amides is 2. The summed E-state index contributed by atoms with van der Waals surface area (Å²) >= 11 is 0. The third kappa shape index (κ3) is 3.59. The molecule has 0 saturated carbocycles. The van der Waals surface area contributed by atoms with Crippen molar-refractivity contribution in [1.29, 1.82) is 0 Å². The summed E-state index contributed by atoms with van der Waals surface area (Å²) in [6.45, 7) is 0. The topological polar surface area (TPSA) is 125 Å². The van der Waals surface area contributed by atoms with Crippen LogP contribution in [0.15, 0.2) is 30.5 Å². The number of hydrogen-bond acceptors (Lipinski definition) is 3. The Morgan fingerprint density at radius 3 is 2.71 bits per heavy atom. The van der Waals surface area contributed by atoms with Crippen molar-refractivity contribution < 1.29 is 19.5 Å². The molecule has 0 aliphatic heterocycles. The van der Waals surface area contributed by atoms with Gasteiger partial charge >= 0.3 is 5.97 Å². The number of aromatic amines is 1. The third-order valence-electron chi connectivity index (χ3n) is 3.10. The molecule has 2 rings (SSSR count). The van der Waals surface area contributed by atoms with Gasteiger partial charge in [0.1, 0.15) is 6.04 Å². The number of H-pyrrole nitrogens is 1. The molecule has 1 aromatic heterocycles. The van der Waals surface area contributed by atoms with Crippen LogP contribution >= 0.6 is 0 Å². The summed E-state index contributed by atoms with van der Waals surface area (Å²) in [5.41, 5.74) is 6.11. The molecular weight excluding hydrogens is 274 g/mol. The number of carboxylic acid groups (broad SMARTS) is 1. The molecule has 2 aromatic rings. The number of nitrogens with two attached hydrogens (primary N) is 1. The van der Waals surface area contributed by atoms with Crippen LogP contribution in [0.5, 0.6) is 0 Å². The average Bonchev–Trinajstić information content (AvgIpc) is 2.89. The highest BCUT2D eigenvalue weighted by Gasteiger charge is 2.21. The average molecular weight is 289 g/mol. The summed E-state index contributed by atoms with van der Waals surface area (Å²) in [5, 5.41) is 12.4. The molecule has 0 aliphatic rings. The van der Waals surface area contributed by atoms with Gasteiger partial charge in [-0.25, -0.2) is 4.79 Å². The van der Waals surface area contributed by atoms with E-state index in [9.17, 15) is 14.4 Å². The zero-order chi connectivity index (χ0) is 15.4. The SMILES string of the molecule is NC(=O)CC[C@H](NC(=O)c1ccc2cc[nH]c2c1)C(=O)O. The van der Waals surface area contributed by atoms with Gasteiger partial charge in [-0.3, -0.25) is 9.59 Å². The van der Waals surface area contributed by atoms with Gasteiger partial charge in [0.25, 0.3) is 5.91 Å². The summed E-state index contributed by atoms with van der Waals surface area (Å²) < 4.78 is 0. The molecule has 2 amide bonds. The second-order valence-electron chi connectivity index (χ2n) is 4.65. The Bertz CT molecular complexity index is 692. The Morgan fingerprint density at radius 1 is 1.29 bits per heavy atom. The van der Waals surface area contributed by atoms with Crippen LogP contribution in [0.2, 0.25) is 0 Å². The van der Waals surface area contributed by atoms with E-state index in [4.69, 9.17) is 10.8 Å². The van der Waals surface area contributed by atoms with Crippen molar-refractivity contribution in [2.45, 2.75) is 18.9 Å². The molecule has 0 aliphatic carbocycles. The molecule has 0 saturated heterocycles. The molecule has 5 N–H and O–H groups in total. The third-order valence-corrected chi connectivity index (χ3v) is 3.10. The van der Waals surface area contributed by atoms with Gasteiger partial charge in [0.2, 0.25) is 5.91 Å². The van der Waals surface area contributed by atoms with E-state index in [0.717, 1.165) is 10.9 Å². The first kappa shape index (κ1) is 14.6. The molecule has 0 unspecified atom stereocenters. The van der Waals surface area contributed by atoms with E-state index in [1.807, 2.05) is 6.07 Å². The van der Waals surface area contributed by atoms with Crippen LogP contribution in [0.1, 0.15) is 23.2 Å². The quantitative estimate of drug-likeness (QED) is 0.621. The number of fused-ring (bicyclic) bond motifs is 1. The van der Waals surface area contributed by atoms with Crippen molar-refractivity contribution in [1.82, 2.24) is 10.3 Å². The van der Waals surface area contributed by atoms with Crippen molar-refractivity contribution in [3.63, 3.8) is 0 Å². The predicted octanol–water partition coefficient (Wildman–Crippen LogP) is 0.616. The van der Waals surface area contributed by atoms with Gasteiger partial charge in [-0.2, -0.15) is 0 Å². The molecule has 7 nitrogen and oxygen atoms in total. The van der Waals surface area contributed by atoms with Crippen LogP contribution in [0.3, 0.4) is 0 Å². The Balaban J connectivity index is 2.10. The van der Waals surface area contributed by atoms with Crippen LogP contribution in [0, 0.1) is 0 Å². The monoisotopic (exact) mass is 289 g/mol. The minimum absolute atomic E-state index is 0.0405. The molecule has 0 radical (unpaired) electrons. The number of primary amides is 1. The largest absolute Gasteiger partial charge is 0.480 e. The van der Waals surface area contributed by atoms with Crippen molar-refractivity contribution in [2.75, 3.05) is 0 Å². The molecule has 0 spiro atoms. The van der Waals surface area contributed by atoms with E-state index < -0.39 is 23.8 Å². The maximum absolute atomic E-state index is 12.1. The number of aliphatic carboxylic acids is 1. The number of hydrogen-bond donors (Lipinski definition) is 4. The zero-order valence-electron chi connectivity index (χ0n) is 11.1. The lowest BCUT2D eigenvalue weighted by Crippen LogP contribution is -2.41. The standard InChI is InChI=1S/C14H15N3O4/c15-12(18)4-3-10(14(20)21)17-13(19)9-2-1-8-5-6-16-11(8)7-9/h1-2,5-7,10,16H,3-4H2,(H2,15,18)(H,17,19)(H,20,21)/t10-/m0/s1. The molecule has 1 aromatic carbocycles. The first-order valence-corrected chi connectivity index (χ1v) is 6.36. The second-order valence-corrected chi connectivity index (χ2v) is 4.65. The maximum Gasteiger partial charge on any atom is 0.326 e. The number of carbonyl (C=O) groups is 3. The van der Waals surface area contributed by atoms with Crippen LogP contribution in [0.4, 0.5) is 0 Å². The highest BCUT2D eigenvalue weighted by molar-refractivity contribution is 5.99. The summed E-state index contributed by atoms with van der Waals surface area (Å²) in [7, 11) is 0. The fourth-order valence-electron chi connectivity index (χ4n) is 1.97. The Morgan fingerprint density at radius 2 is 2.05 bits per heavy atom. The van der Waals surface area contributed by atoms with Crippen molar-refractivity contribution >= 4 is 28.7 Å². The van der Waals surface area contributed by atoms with Crippen molar-refractivity contribution in [3.8, 4) is 0 Å². The first-order chi connectivity index (χ1) is 9.97. The fourth-order valence-corrected chi connectivity index (χ4v) is 1.97. The lowest BCUT2D eigenvalue weighted by molar-refractivity contribution is -0.139. The first-order valence-electron chi connectivity index (χ1n) is 6.36. The van der Waals surface area contributed by atoms with Crippen LogP contribution in [-0.2, 0) is 9.59 Å². The molecule has 0 fully saturated rings. The van der Waals surface area contributed by atoms with Crippen molar-refractivity contribution in [3.05, 3.63) is 36.0 Å². The molecule has 110 valence electrons. The summed E-state index contributed by atoms with van der Waals surface area (Å²) in [6, 6.07) is 5.73. The number of nitrogens with one attached hydrogen (secondary N) is 2. The number of aromatic nitrogens is 1. The van der Waals surface area contributed by atoms with E-state index in [2.05, 4.69) is 10.3 Å². The lowest BCUT2D eigenvalue weighted by atomic mass is 10.1. The minimum Gasteiger partial charge on any atom is -0.480 e. The molecular formula is C14H15N3O4. The van der Waals surface area contributed by atoms with E-state index in [1.165, 1.54) is 0 Å². The van der Waals surface area contributed by atoms with Gasteiger partial charge in [-0.1, -0.05) is 6.07 Å². The zero-order valence-corrected chi connectivity index (χ0v) is 11.1. The van der Waals surface area contributed by atoms with E-state index in [1.54, 1.807) is 24.4 Å². The Kier molecular flexibility index (Phi) is 4.22. The summed E-state index contributed by atoms with van der Waals surface area (Å²) in [4.78, 5) is 36.8. The number of rotatable bonds is 6. The fraction of sp³-hybridized carbons (Fsp3) is 0.214. The molecule has 1 heterocycles. The predicted molar refractivity (Wildman–Crippen MR) is 75.6 cm³/mol. The highest BCUT2D eigenvalue weighted by Crippen LogP contribution is 2.14. The van der Waals surface area contributed by atoms with Crippen LogP contribution in [-0.4, -0.2) is 33.9 Å². The van der Waals surface area contributed by atoms with E-state index in [-0.39, 0.29) is 12.8 Å². The van der Waals surface area contributed by atoms with E-state index in [0.29, 0.717) is 5.56 Å². The van der Waals surface area contributed by atoms with Gasteiger partial charge in [-0.05, 0) is 30.0 Å². The van der Waals surface area contributed by atoms with E-state index >= 15 is 0 Å². The highest BCUT2D eigenvalue weighted by atomic mass is 16.4. The molecule has 0 bridgehead atoms. The Hall–Kier alpha value is -2.83. The number of benzene rings is 1. The summed E-state index contributed by atoms with van der Waals surface area (Å²) in [5.74, 6) is -2.32. The normalized spacial score (nSPS) is 12.0. The summed E-state index contributed by atoms with van der Waals surface area (Å²) in [6.07, 6.45) is 1.60. The Labute approximate surface area is 120 Å². The number of carboxylic acids is 1. The van der Waals surface area contributed by atoms with Gasteiger partial charge in [0.15, 0.2) is 0 Å². The second kappa shape index (κ2) is 6.08. The van der Waals surface area contributed by atoms with Crippen LogP contribution < -0.4 is 11.1 Å². The van der Waals surface area contributed by atoms with Crippen LogP contribution in [0.25, 0.3) is 10.9 Å². The van der Waals surface area contributed by atoms with Crippen molar-refractivity contribution in [2.24, 2.45) is 5.73 Å². The minimum atomic E-state index is -1.20.